The molecule has 5 aromatic carbocycles. The minimum Gasteiger partial charge on any atom is -0.363 e. The second-order valence-electron chi connectivity index (χ2n) is 14.2. The molecule has 0 bridgehead atoms. The van der Waals surface area contributed by atoms with Crippen LogP contribution < -0.4 is 4.67 Å². The number of H-pyrrole nitrogens is 2. The maximum absolute atomic E-state index is 4.96. The lowest BCUT2D eigenvalue weighted by Gasteiger charge is -2.25. The van der Waals surface area contributed by atoms with Crippen LogP contribution in [-0.4, -0.2) is 36.0 Å². The Morgan fingerprint density at radius 1 is 0.556 bits per heavy atom. The Kier molecular flexibility index (Phi) is 5.85. The molecule has 6 heteroatoms. The fraction of sp³-hybridized carbons (Fsp3) is 0.0208. The van der Waals surface area contributed by atoms with Crippen LogP contribution in [0.4, 0.5) is 0 Å². The van der Waals surface area contributed by atoms with Crippen LogP contribution in [0.3, 0.4) is 0 Å². The van der Waals surface area contributed by atoms with E-state index in [9.17, 15) is 0 Å². The number of fused-ring (bicyclic) bond motifs is 9. The first kappa shape index (κ1) is 29.2. The van der Waals surface area contributed by atoms with Crippen molar-refractivity contribution >= 4 is 55.8 Å². The van der Waals surface area contributed by atoms with Crippen LogP contribution in [-0.2, 0) is 5.41 Å². The normalized spacial score (nSPS) is 15.9. The molecule has 0 radical (unpaired) electrons. The quantitative estimate of drug-likeness (QED) is 0.173. The molecule has 0 saturated carbocycles. The molecule has 2 N–H and O–H groups in total. The predicted molar refractivity (Wildman–Crippen MR) is 221 cm³/mol. The second-order valence-corrected chi connectivity index (χ2v) is 14.2. The van der Waals surface area contributed by atoms with Crippen LogP contribution in [0.25, 0.3) is 77.5 Å². The highest BCUT2D eigenvalue weighted by Gasteiger charge is 2.54. The van der Waals surface area contributed by atoms with Gasteiger partial charge in [-0.1, -0.05) is 71.4 Å². The number of pyridine rings is 1. The Bertz CT molecular complexity index is 3230. The van der Waals surface area contributed by atoms with Crippen molar-refractivity contribution in [3.63, 3.8) is 0 Å². The van der Waals surface area contributed by atoms with Gasteiger partial charge in [-0.25, -0.2) is 0 Å². The highest BCUT2D eigenvalue weighted by atomic mass is 15.1. The third-order valence-electron chi connectivity index (χ3n) is 11.6. The van der Waals surface area contributed by atoms with E-state index < -0.39 is 5.41 Å². The van der Waals surface area contributed by atoms with Gasteiger partial charge in [0.25, 0.3) is 6.21 Å². The number of allylic oxidation sites excluding steroid dienone is 2. The third-order valence-corrected chi connectivity index (χ3v) is 11.6. The van der Waals surface area contributed by atoms with Crippen molar-refractivity contribution < 1.29 is 0 Å². The third kappa shape index (κ3) is 3.79. The van der Waals surface area contributed by atoms with Gasteiger partial charge in [0.15, 0.2) is 5.41 Å². The zero-order valence-corrected chi connectivity index (χ0v) is 29.0. The number of hydrogen-bond donors (Lipinski definition) is 2. The van der Waals surface area contributed by atoms with Gasteiger partial charge in [-0.05, 0) is 106 Å². The summed E-state index contributed by atoms with van der Waals surface area (Å²) in [6, 6.07) is 50.7. The van der Waals surface area contributed by atoms with Crippen LogP contribution in [0, 0.1) is 0 Å². The van der Waals surface area contributed by atoms with Gasteiger partial charge >= 0.3 is 5.71 Å². The van der Waals surface area contributed by atoms with Crippen molar-refractivity contribution in [3.8, 4) is 33.6 Å². The standard InChI is InChI=1S/C48H31N6/c1-3-10-39-34(8-1)37-29-43-38(28-40(37)48(39,44-13-6-24-49-44)45-14-7-25-50-45)35-9-2-4-11-41(35)53(43)32-19-15-30(16-20-32)31-17-21-33(22-18-31)54-42-12-5-26-51-46(42)36-23-27-52-47(36)54/h1-29,49,52H/q+1. The predicted octanol–water partition coefficient (Wildman–Crippen LogP) is 10.1. The molecule has 1 unspecified atom stereocenters. The van der Waals surface area contributed by atoms with E-state index in [1.54, 1.807) is 0 Å². The molecule has 6 heterocycles. The van der Waals surface area contributed by atoms with Gasteiger partial charge in [-0.2, -0.15) is 0 Å². The molecule has 0 fully saturated rings. The molecule has 6 nitrogen and oxygen atoms in total. The number of para-hydroxylation sites is 1. The Hall–Kier alpha value is -7.40. The van der Waals surface area contributed by atoms with Crippen LogP contribution in [0.1, 0.15) is 16.8 Å². The molecule has 1 aliphatic carbocycles. The fourth-order valence-corrected chi connectivity index (χ4v) is 9.32. The van der Waals surface area contributed by atoms with Crippen molar-refractivity contribution in [2.45, 2.75) is 5.41 Å². The molecule has 1 atom stereocenters. The number of nitrogens with zero attached hydrogens (tertiary/aromatic N) is 4. The van der Waals surface area contributed by atoms with Gasteiger partial charge in [0.1, 0.15) is 5.65 Å². The van der Waals surface area contributed by atoms with E-state index in [0.717, 1.165) is 44.8 Å². The maximum Gasteiger partial charge on any atom is 0.324 e. The summed E-state index contributed by atoms with van der Waals surface area (Å²) in [7, 11) is 0. The Balaban J connectivity index is 0.999. The second kappa shape index (κ2) is 10.8. The molecule has 10 aromatic rings. The van der Waals surface area contributed by atoms with E-state index in [1.807, 2.05) is 36.9 Å². The molecule has 2 aliphatic rings. The minimum absolute atomic E-state index is 0.549. The Labute approximate surface area is 309 Å². The van der Waals surface area contributed by atoms with Crippen molar-refractivity contribution in [1.82, 2.24) is 28.8 Å². The summed E-state index contributed by atoms with van der Waals surface area (Å²) in [6.45, 7) is 0. The summed E-state index contributed by atoms with van der Waals surface area (Å²) in [4.78, 5) is 11.7. The number of hydrogen-bond acceptors (Lipinski definition) is 1. The van der Waals surface area contributed by atoms with E-state index in [2.05, 4.69) is 164 Å². The number of aromatic amines is 2. The SMILES string of the molecule is C1=CC(C2(c3ccc[nH]3)c3ccccc3-c3cc4c(cc32)c2ccccc2n4-c2ccc(-c3ccc(-n4c5cccnc5c5cc[nH]c54)cc3)cc2)=[N+]=C1. The smallest absolute Gasteiger partial charge is 0.324 e. The largest absolute Gasteiger partial charge is 0.363 e. The van der Waals surface area contributed by atoms with Crippen LogP contribution in [0.5, 0.6) is 0 Å². The van der Waals surface area contributed by atoms with E-state index in [0.29, 0.717) is 0 Å². The van der Waals surface area contributed by atoms with Gasteiger partial charge in [-0.3, -0.25) is 9.55 Å². The monoisotopic (exact) mass is 691 g/mol. The summed E-state index contributed by atoms with van der Waals surface area (Å²) >= 11 is 0. The summed E-state index contributed by atoms with van der Waals surface area (Å²) < 4.78 is 9.63. The van der Waals surface area contributed by atoms with Crippen LogP contribution >= 0.6 is 0 Å². The van der Waals surface area contributed by atoms with E-state index >= 15 is 0 Å². The van der Waals surface area contributed by atoms with Crippen LogP contribution in [0.2, 0.25) is 0 Å². The fourth-order valence-electron chi connectivity index (χ4n) is 9.32. The topological polar surface area (TPSA) is 68.4 Å². The number of nitrogens with one attached hydrogen (secondary N) is 2. The lowest BCUT2D eigenvalue weighted by molar-refractivity contribution is 0.826. The van der Waals surface area contributed by atoms with Crippen molar-refractivity contribution in [2.75, 3.05) is 0 Å². The van der Waals surface area contributed by atoms with E-state index in [4.69, 9.17) is 4.67 Å². The summed E-state index contributed by atoms with van der Waals surface area (Å²) in [6.07, 6.45) is 12.0. The summed E-state index contributed by atoms with van der Waals surface area (Å²) in [5.41, 5.74) is 16.7. The number of benzene rings is 5. The Morgan fingerprint density at radius 3 is 2.13 bits per heavy atom. The number of aromatic nitrogens is 5. The molecule has 5 aromatic heterocycles. The summed E-state index contributed by atoms with van der Waals surface area (Å²) in [5.74, 6) is 0. The molecular formula is C48H31N6+. The molecule has 252 valence electrons. The first-order chi connectivity index (χ1) is 26.8. The number of rotatable bonds is 5. The van der Waals surface area contributed by atoms with E-state index in [-0.39, 0.29) is 0 Å². The molecule has 12 rings (SSSR count). The van der Waals surface area contributed by atoms with Gasteiger partial charge in [-0.15, -0.1) is 0 Å². The van der Waals surface area contributed by atoms with Gasteiger partial charge in [0.05, 0.1) is 22.1 Å². The average Bonchev–Trinajstić information content (AvgIpc) is 4.09. The first-order valence-electron chi connectivity index (χ1n) is 18.3. The van der Waals surface area contributed by atoms with Gasteiger partial charge < -0.3 is 14.5 Å². The molecule has 0 amide bonds. The van der Waals surface area contributed by atoms with Crippen molar-refractivity contribution in [2.24, 2.45) is 0 Å². The molecule has 54 heavy (non-hydrogen) atoms. The maximum atomic E-state index is 4.96. The Morgan fingerprint density at radius 2 is 1.33 bits per heavy atom. The molecule has 0 saturated heterocycles. The van der Waals surface area contributed by atoms with Gasteiger partial charge in [0, 0.05) is 64.0 Å². The molecule has 1 aliphatic heterocycles. The lowest BCUT2D eigenvalue weighted by atomic mass is 9.71. The highest BCUT2D eigenvalue weighted by molar-refractivity contribution is 6.19. The average molecular weight is 692 g/mol. The van der Waals surface area contributed by atoms with Crippen LogP contribution in [0.15, 0.2) is 170 Å². The minimum atomic E-state index is -0.549. The van der Waals surface area contributed by atoms with Crippen molar-refractivity contribution in [1.29, 1.82) is 0 Å². The highest BCUT2D eigenvalue weighted by Crippen LogP contribution is 2.54. The zero-order valence-electron chi connectivity index (χ0n) is 29.0. The van der Waals surface area contributed by atoms with E-state index in [1.165, 1.54) is 55.2 Å². The lowest BCUT2D eigenvalue weighted by Crippen LogP contribution is -2.36. The molecule has 0 spiro atoms. The van der Waals surface area contributed by atoms with Gasteiger partial charge in [0.2, 0.25) is 0 Å². The zero-order chi connectivity index (χ0) is 35.4. The molecular weight excluding hydrogens is 661 g/mol. The van der Waals surface area contributed by atoms with Crippen molar-refractivity contribution in [3.05, 3.63) is 187 Å². The first-order valence-corrected chi connectivity index (χ1v) is 18.3. The summed E-state index contributed by atoms with van der Waals surface area (Å²) in [5, 5.41) is 3.58.